The van der Waals surface area contributed by atoms with Gasteiger partial charge in [0, 0.05) is 21.3 Å². The van der Waals surface area contributed by atoms with Crippen LogP contribution in [0.4, 0.5) is 11.6 Å². The van der Waals surface area contributed by atoms with Crippen LogP contribution >= 0.6 is 43.5 Å². The fourth-order valence-electron chi connectivity index (χ4n) is 1.60. The Hall–Kier alpha value is -1.51. The van der Waals surface area contributed by atoms with Crippen molar-refractivity contribution in [3.8, 4) is 5.95 Å². The van der Waals surface area contributed by atoms with Crippen LogP contribution in [0.2, 0.25) is 5.28 Å². The SMILES string of the molecule is Clc1nc(Nc2ccc(Br)cc2Br)nc(-n2ccnc2)n1. The number of halogens is 3. The number of anilines is 2. The molecular formula is C12H7Br2ClN6. The van der Waals surface area contributed by atoms with Gasteiger partial charge < -0.3 is 5.32 Å². The highest BCUT2D eigenvalue weighted by Gasteiger charge is 2.08. The Morgan fingerprint density at radius 2 is 2.00 bits per heavy atom. The second-order valence-electron chi connectivity index (χ2n) is 3.95. The molecule has 0 bridgehead atoms. The van der Waals surface area contributed by atoms with E-state index in [1.165, 1.54) is 0 Å². The molecule has 0 aliphatic carbocycles. The molecule has 21 heavy (non-hydrogen) atoms. The Labute approximate surface area is 141 Å². The molecule has 9 heteroatoms. The van der Waals surface area contributed by atoms with Gasteiger partial charge in [0.1, 0.15) is 6.33 Å². The molecule has 2 heterocycles. The first-order valence-electron chi connectivity index (χ1n) is 5.74. The summed E-state index contributed by atoms with van der Waals surface area (Å²) < 4.78 is 3.49. The third-order valence-electron chi connectivity index (χ3n) is 2.51. The second-order valence-corrected chi connectivity index (χ2v) is 6.06. The Morgan fingerprint density at radius 3 is 2.71 bits per heavy atom. The largest absolute Gasteiger partial charge is 0.323 e. The molecule has 3 rings (SSSR count). The van der Waals surface area contributed by atoms with E-state index in [2.05, 4.69) is 57.1 Å². The van der Waals surface area contributed by atoms with Crippen molar-refractivity contribution in [2.75, 3.05) is 5.32 Å². The molecule has 0 atom stereocenters. The molecule has 106 valence electrons. The molecule has 1 aromatic carbocycles. The molecule has 1 N–H and O–H groups in total. The molecule has 0 fully saturated rings. The second kappa shape index (κ2) is 6.08. The standard InChI is InChI=1S/C12H7Br2ClN6/c13-7-1-2-9(8(14)5-7)17-11-18-10(15)19-12(20-11)21-4-3-16-6-21/h1-6H,(H,17,18,19,20). The van der Waals surface area contributed by atoms with Gasteiger partial charge in [0.25, 0.3) is 0 Å². The van der Waals surface area contributed by atoms with Crippen LogP contribution in [-0.2, 0) is 0 Å². The first-order chi connectivity index (χ1) is 10.1. The summed E-state index contributed by atoms with van der Waals surface area (Å²) in [7, 11) is 0. The van der Waals surface area contributed by atoms with E-state index in [0.717, 1.165) is 14.6 Å². The predicted molar refractivity (Wildman–Crippen MR) is 87.1 cm³/mol. The zero-order valence-corrected chi connectivity index (χ0v) is 14.3. The van der Waals surface area contributed by atoms with E-state index in [-0.39, 0.29) is 5.28 Å². The molecule has 0 radical (unpaired) electrons. The average Bonchev–Trinajstić information content (AvgIpc) is 2.95. The number of hydrogen-bond acceptors (Lipinski definition) is 5. The zero-order chi connectivity index (χ0) is 14.8. The number of rotatable bonds is 3. The highest BCUT2D eigenvalue weighted by Crippen LogP contribution is 2.28. The van der Waals surface area contributed by atoms with Gasteiger partial charge in [-0.25, -0.2) is 4.98 Å². The van der Waals surface area contributed by atoms with Gasteiger partial charge in [-0.15, -0.1) is 0 Å². The van der Waals surface area contributed by atoms with Crippen molar-refractivity contribution in [2.45, 2.75) is 0 Å². The van der Waals surface area contributed by atoms with Crippen molar-refractivity contribution in [2.24, 2.45) is 0 Å². The zero-order valence-electron chi connectivity index (χ0n) is 10.3. The Balaban J connectivity index is 1.95. The van der Waals surface area contributed by atoms with Gasteiger partial charge in [-0.1, -0.05) is 15.9 Å². The molecular weight excluding hydrogens is 423 g/mol. The van der Waals surface area contributed by atoms with Crippen LogP contribution < -0.4 is 5.32 Å². The Bertz CT molecular complexity index is 777. The summed E-state index contributed by atoms with van der Waals surface area (Å²) >= 11 is 12.8. The maximum Gasteiger partial charge on any atom is 0.241 e. The van der Waals surface area contributed by atoms with E-state index in [1.807, 2.05) is 18.2 Å². The summed E-state index contributed by atoms with van der Waals surface area (Å²) in [6.07, 6.45) is 4.95. The quantitative estimate of drug-likeness (QED) is 0.681. The minimum absolute atomic E-state index is 0.101. The van der Waals surface area contributed by atoms with Crippen molar-refractivity contribution in [1.82, 2.24) is 24.5 Å². The van der Waals surface area contributed by atoms with Crippen LogP contribution in [0.3, 0.4) is 0 Å². The Morgan fingerprint density at radius 1 is 1.14 bits per heavy atom. The van der Waals surface area contributed by atoms with Gasteiger partial charge in [-0.2, -0.15) is 15.0 Å². The monoisotopic (exact) mass is 428 g/mol. The molecule has 0 unspecified atom stereocenters. The summed E-state index contributed by atoms with van der Waals surface area (Å²) in [6, 6.07) is 5.72. The maximum absolute atomic E-state index is 5.94. The van der Waals surface area contributed by atoms with Gasteiger partial charge in [-0.3, -0.25) is 4.57 Å². The maximum atomic E-state index is 5.94. The third-order valence-corrected chi connectivity index (χ3v) is 3.83. The first-order valence-corrected chi connectivity index (χ1v) is 7.70. The molecule has 0 aliphatic rings. The molecule has 6 nitrogen and oxygen atoms in total. The van der Waals surface area contributed by atoms with Crippen LogP contribution in [-0.4, -0.2) is 24.5 Å². The smallest absolute Gasteiger partial charge is 0.241 e. The van der Waals surface area contributed by atoms with Gasteiger partial charge >= 0.3 is 0 Å². The van der Waals surface area contributed by atoms with E-state index < -0.39 is 0 Å². The van der Waals surface area contributed by atoms with Gasteiger partial charge in [-0.05, 0) is 45.7 Å². The highest BCUT2D eigenvalue weighted by atomic mass is 79.9. The lowest BCUT2D eigenvalue weighted by Crippen LogP contribution is -2.05. The van der Waals surface area contributed by atoms with Crippen LogP contribution in [0.15, 0.2) is 45.9 Å². The predicted octanol–water partition coefficient (Wildman–Crippen LogP) is 3.98. The lowest BCUT2D eigenvalue weighted by Gasteiger charge is -2.09. The number of hydrogen-bond donors (Lipinski definition) is 1. The lowest BCUT2D eigenvalue weighted by molar-refractivity contribution is 0.899. The summed E-state index contributed by atoms with van der Waals surface area (Å²) in [4.78, 5) is 16.4. The van der Waals surface area contributed by atoms with Crippen molar-refractivity contribution >= 4 is 55.1 Å². The minimum atomic E-state index is 0.101. The van der Waals surface area contributed by atoms with Crippen LogP contribution in [0.5, 0.6) is 0 Å². The van der Waals surface area contributed by atoms with Gasteiger partial charge in [0.15, 0.2) is 0 Å². The number of nitrogens with one attached hydrogen (secondary N) is 1. The molecule has 0 saturated carbocycles. The summed E-state index contributed by atoms with van der Waals surface area (Å²) in [5.41, 5.74) is 0.817. The number of benzene rings is 1. The fraction of sp³-hybridized carbons (Fsp3) is 0. The molecule has 0 amide bonds. The summed E-state index contributed by atoms with van der Waals surface area (Å²) in [5, 5.41) is 3.20. The van der Waals surface area contributed by atoms with Gasteiger partial charge in [0.05, 0.1) is 5.69 Å². The van der Waals surface area contributed by atoms with E-state index >= 15 is 0 Å². The number of imidazole rings is 1. The van der Waals surface area contributed by atoms with E-state index in [4.69, 9.17) is 11.6 Å². The van der Waals surface area contributed by atoms with Crippen LogP contribution in [0, 0.1) is 0 Å². The normalized spacial score (nSPS) is 10.6. The molecule has 0 spiro atoms. The molecule has 2 aromatic heterocycles. The van der Waals surface area contributed by atoms with Crippen molar-refractivity contribution < 1.29 is 0 Å². The number of nitrogens with zero attached hydrogens (tertiary/aromatic N) is 5. The van der Waals surface area contributed by atoms with E-state index in [9.17, 15) is 0 Å². The Kier molecular flexibility index (Phi) is 4.18. The first kappa shape index (κ1) is 14.4. The molecule has 3 aromatic rings. The topological polar surface area (TPSA) is 68.5 Å². The third kappa shape index (κ3) is 3.39. The van der Waals surface area contributed by atoms with E-state index in [1.54, 1.807) is 23.3 Å². The molecule has 0 saturated heterocycles. The molecule has 0 aliphatic heterocycles. The van der Waals surface area contributed by atoms with Gasteiger partial charge in [0.2, 0.25) is 17.2 Å². The number of aromatic nitrogens is 5. The average molecular weight is 430 g/mol. The van der Waals surface area contributed by atoms with Crippen molar-refractivity contribution in [3.05, 3.63) is 51.1 Å². The lowest BCUT2D eigenvalue weighted by atomic mass is 10.3. The van der Waals surface area contributed by atoms with Crippen molar-refractivity contribution in [3.63, 3.8) is 0 Å². The van der Waals surface area contributed by atoms with Crippen molar-refractivity contribution in [1.29, 1.82) is 0 Å². The highest BCUT2D eigenvalue weighted by molar-refractivity contribution is 9.11. The summed E-state index contributed by atoms with van der Waals surface area (Å²) in [5.74, 6) is 0.741. The van der Waals surface area contributed by atoms with Crippen LogP contribution in [0.25, 0.3) is 5.95 Å². The summed E-state index contributed by atoms with van der Waals surface area (Å²) in [6.45, 7) is 0. The van der Waals surface area contributed by atoms with E-state index in [0.29, 0.717) is 11.9 Å². The minimum Gasteiger partial charge on any atom is -0.323 e. The van der Waals surface area contributed by atoms with Crippen LogP contribution in [0.1, 0.15) is 0 Å². The fourth-order valence-corrected chi connectivity index (χ4v) is 2.90.